The van der Waals surface area contributed by atoms with E-state index in [4.69, 9.17) is 21.6 Å². The fourth-order valence-corrected chi connectivity index (χ4v) is 4.91. The maximum absolute atomic E-state index is 9.10. The van der Waals surface area contributed by atoms with E-state index < -0.39 is 0 Å². The largest absolute Gasteiger partial charge is 0.490 e. The van der Waals surface area contributed by atoms with Crippen LogP contribution in [0, 0.1) is 11.3 Å². The Kier molecular flexibility index (Phi) is 5.39. The highest BCUT2D eigenvalue weighted by Crippen LogP contribution is 2.37. The number of nitriles is 1. The molecule has 2 aliphatic rings. The number of fused-ring (bicyclic) bond motifs is 3. The summed E-state index contributed by atoms with van der Waals surface area (Å²) in [5, 5.41) is 19.0. The number of aromatic nitrogens is 3. The Hall–Kier alpha value is -2.88. The molecule has 158 valence electrons. The van der Waals surface area contributed by atoms with Gasteiger partial charge < -0.3 is 4.74 Å². The van der Waals surface area contributed by atoms with Gasteiger partial charge in [-0.05, 0) is 74.7 Å². The maximum Gasteiger partial charge on any atom is 0.151 e. The molecular formula is C24H24ClN5O. The second kappa shape index (κ2) is 8.33. The van der Waals surface area contributed by atoms with Crippen LogP contribution in [0.1, 0.15) is 54.4 Å². The van der Waals surface area contributed by atoms with E-state index in [1.165, 1.54) is 5.56 Å². The number of benzene rings is 2. The fourth-order valence-electron chi connectivity index (χ4n) is 4.72. The van der Waals surface area contributed by atoms with Gasteiger partial charge in [-0.1, -0.05) is 17.7 Å². The van der Waals surface area contributed by atoms with Crippen molar-refractivity contribution in [1.82, 2.24) is 19.7 Å². The molecule has 0 amide bonds. The van der Waals surface area contributed by atoms with E-state index in [9.17, 15) is 0 Å². The van der Waals surface area contributed by atoms with Crippen LogP contribution in [0.15, 0.2) is 42.5 Å². The van der Waals surface area contributed by atoms with Crippen molar-refractivity contribution in [3.63, 3.8) is 0 Å². The number of nitrogens with zero attached hydrogens (tertiary/aromatic N) is 5. The summed E-state index contributed by atoms with van der Waals surface area (Å²) in [4.78, 5) is 2.24. The van der Waals surface area contributed by atoms with Crippen molar-refractivity contribution in [2.24, 2.45) is 0 Å². The molecule has 0 atom stereocenters. The molecular weight excluding hydrogens is 410 g/mol. The minimum atomic E-state index is 0.161. The summed E-state index contributed by atoms with van der Waals surface area (Å²) < 4.78 is 8.41. The number of halogens is 1. The predicted molar refractivity (Wildman–Crippen MR) is 118 cm³/mol. The zero-order valence-corrected chi connectivity index (χ0v) is 18.2. The molecule has 0 spiro atoms. The summed E-state index contributed by atoms with van der Waals surface area (Å²) in [6.45, 7) is 1.59. The van der Waals surface area contributed by atoms with E-state index in [0.717, 1.165) is 66.9 Å². The average molecular weight is 434 g/mol. The lowest BCUT2D eigenvalue weighted by atomic mass is 9.86. The summed E-state index contributed by atoms with van der Waals surface area (Å²) in [6.07, 6.45) is 4.07. The van der Waals surface area contributed by atoms with Gasteiger partial charge in [0.25, 0.3) is 0 Å². The first-order chi connectivity index (χ1) is 15.1. The van der Waals surface area contributed by atoms with Crippen molar-refractivity contribution in [3.05, 3.63) is 70.3 Å². The SMILES string of the molecule is CN1Cc2cc(Cl)ccc2-n2c(nnc2[C@H]2CC[C@H](Oc3cccc(C#N)c3)CC2)C1. The third-order valence-corrected chi connectivity index (χ3v) is 6.43. The standard InChI is InChI=1S/C24H24ClN5O/c1-29-14-18-12-19(25)7-10-22(18)30-23(15-29)27-28-24(30)17-5-8-20(9-6-17)31-21-4-2-3-16(11-21)13-26/h2-4,7,10-12,17,20H,5-6,8-9,14-15H2,1H3/t17-,20-. The summed E-state index contributed by atoms with van der Waals surface area (Å²) in [5.41, 5.74) is 2.96. The first-order valence-corrected chi connectivity index (χ1v) is 11.1. The highest BCUT2D eigenvalue weighted by atomic mass is 35.5. The normalized spacial score (nSPS) is 20.9. The molecule has 0 radical (unpaired) electrons. The summed E-state index contributed by atoms with van der Waals surface area (Å²) >= 11 is 6.28. The third kappa shape index (κ3) is 4.04. The van der Waals surface area contributed by atoms with Gasteiger partial charge in [-0.15, -0.1) is 10.2 Å². The van der Waals surface area contributed by atoms with E-state index >= 15 is 0 Å². The molecule has 3 aromatic rings. The lowest BCUT2D eigenvalue weighted by Crippen LogP contribution is -2.25. The Morgan fingerprint density at radius 2 is 1.90 bits per heavy atom. The average Bonchev–Trinajstić information content (AvgIpc) is 3.11. The highest BCUT2D eigenvalue weighted by molar-refractivity contribution is 6.30. The maximum atomic E-state index is 9.10. The summed E-state index contributed by atoms with van der Waals surface area (Å²) in [7, 11) is 2.10. The van der Waals surface area contributed by atoms with Gasteiger partial charge >= 0.3 is 0 Å². The zero-order chi connectivity index (χ0) is 21.4. The topological polar surface area (TPSA) is 67.0 Å². The van der Waals surface area contributed by atoms with Gasteiger partial charge in [-0.3, -0.25) is 9.47 Å². The molecule has 0 saturated heterocycles. The predicted octanol–water partition coefficient (Wildman–Crippen LogP) is 4.84. The van der Waals surface area contributed by atoms with Crippen molar-refractivity contribution in [1.29, 1.82) is 5.26 Å². The minimum Gasteiger partial charge on any atom is -0.490 e. The van der Waals surface area contributed by atoms with Crippen LogP contribution in [0.5, 0.6) is 5.75 Å². The van der Waals surface area contributed by atoms with Crippen molar-refractivity contribution < 1.29 is 4.74 Å². The quantitative estimate of drug-likeness (QED) is 0.591. The van der Waals surface area contributed by atoms with Gasteiger partial charge in [0.15, 0.2) is 5.82 Å². The fraction of sp³-hybridized carbons (Fsp3) is 0.375. The molecule has 0 bridgehead atoms. The number of ether oxygens (including phenoxy) is 1. The monoisotopic (exact) mass is 433 g/mol. The van der Waals surface area contributed by atoms with Crippen LogP contribution in [0.25, 0.3) is 5.69 Å². The van der Waals surface area contributed by atoms with Crippen molar-refractivity contribution in [3.8, 4) is 17.5 Å². The second-order valence-corrected chi connectivity index (χ2v) is 8.92. The zero-order valence-electron chi connectivity index (χ0n) is 17.5. The molecule has 2 aromatic carbocycles. The molecule has 0 unspecified atom stereocenters. The van der Waals surface area contributed by atoms with Gasteiger partial charge in [-0.25, -0.2) is 0 Å². The molecule has 1 aliphatic carbocycles. The van der Waals surface area contributed by atoms with Gasteiger partial charge in [0, 0.05) is 17.5 Å². The van der Waals surface area contributed by atoms with Crippen LogP contribution in [-0.4, -0.2) is 32.8 Å². The Bertz CT molecular complexity index is 1140. The van der Waals surface area contributed by atoms with Crippen LogP contribution in [0.2, 0.25) is 5.02 Å². The van der Waals surface area contributed by atoms with E-state index in [1.807, 2.05) is 30.3 Å². The van der Waals surface area contributed by atoms with E-state index in [1.54, 1.807) is 6.07 Å². The first-order valence-electron chi connectivity index (χ1n) is 10.7. The third-order valence-electron chi connectivity index (χ3n) is 6.19. The van der Waals surface area contributed by atoms with Crippen LogP contribution in [0.4, 0.5) is 0 Å². The molecule has 2 heterocycles. The molecule has 1 saturated carbocycles. The van der Waals surface area contributed by atoms with Crippen LogP contribution >= 0.6 is 11.6 Å². The lowest BCUT2D eigenvalue weighted by molar-refractivity contribution is 0.144. The van der Waals surface area contributed by atoms with Gasteiger partial charge in [-0.2, -0.15) is 5.26 Å². The molecule has 1 aromatic heterocycles. The smallest absolute Gasteiger partial charge is 0.151 e. The van der Waals surface area contributed by atoms with Crippen molar-refractivity contribution in [2.45, 2.75) is 50.8 Å². The van der Waals surface area contributed by atoms with E-state index in [-0.39, 0.29) is 6.10 Å². The molecule has 0 N–H and O–H groups in total. The lowest BCUT2D eigenvalue weighted by Gasteiger charge is -2.29. The first kappa shape index (κ1) is 20.0. The number of hydrogen-bond acceptors (Lipinski definition) is 5. The summed E-state index contributed by atoms with van der Waals surface area (Å²) in [5.74, 6) is 3.13. The van der Waals surface area contributed by atoms with Gasteiger partial charge in [0.2, 0.25) is 0 Å². The Labute approximate surface area is 187 Å². The van der Waals surface area contributed by atoms with Crippen LogP contribution < -0.4 is 4.74 Å². The molecule has 31 heavy (non-hydrogen) atoms. The molecule has 1 aliphatic heterocycles. The molecule has 7 heteroatoms. The Balaban J connectivity index is 1.36. The molecule has 5 rings (SSSR count). The second-order valence-electron chi connectivity index (χ2n) is 8.49. The van der Waals surface area contributed by atoms with E-state index in [0.29, 0.717) is 11.5 Å². The molecule has 6 nitrogen and oxygen atoms in total. The van der Waals surface area contributed by atoms with E-state index in [2.05, 4.69) is 38.8 Å². The van der Waals surface area contributed by atoms with Crippen LogP contribution in [0.3, 0.4) is 0 Å². The summed E-state index contributed by atoms with van der Waals surface area (Å²) in [6, 6.07) is 15.6. The van der Waals surface area contributed by atoms with Crippen molar-refractivity contribution >= 4 is 11.6 Å². The van der Waals surface area contributed by atoms with Crippen LogP contribution in [-0.2, 0) is 13.1 Å². The molecule has 1 fully saturated rings. The Morgan fingerprint density at radius 1 is 1.06 bits per heavy atom. The Morgan fingerprint density at radius 3 is 2.71 bits per heavy atom. The number of hydrogen-bond donors (Lipinski definition) is 0. The number of rotatable bonds is 3. The minimum absolute atomic E-state index is 0.161. The van der Waals surface area contributed by atoms with Crippen molar-refractivity contribution in [2.75, 3.05) is 7.05 Å². The van der Waals surface area contributed by atoms with Gasteiger partial charge in [0.05, 0.1) is 30.0 Å². The van der Waals surface area contributed by atoms with Gasteiger partial charge in [0.1, 0.15) is 11.6 Å². The highest BCUT2D eigenvalue weighted by Gasteiger charge is 2.30.